The van der Waals surface area contributed by atoms with Gasteiger partial charge >= 0.3 is 12.1 Å². The normalized spacial score (nSPS) is 18.9. The number of carbonyl (C=O) groups excluding carboxylic acids is 2. The highest BCUT2D eigenvalue weighted by Gasteiger charge is 2.32. The number of carbonyl (C=O) groups is 2. The summed E-state index contributed by atoms with van der Waals surface area (Å²) in [7, 11) is 1.63. The lowest BCUT2D eigenvalue weighted by molar-refractivity contribution is -0.187. The summed E-state index contributed by atoms with van der Waals surface area (Å²) in [6.45, 7) is 3.11. The third-order valence-electron chi connectivity index (χ3n) is 5.70. The molecule has 206 valence electrons. The van der Waals surface area contributed by atoms with Gasteiger partial charge in [-0.3, -0.25) is 4.79 Å². The standard InChI is InChI=1S/C29H37NO8/c1-22(31)35-21-27-17-26(36-19-24-11-13-25(33-2)14-12-24)18-28(38-27)34-16-8-4-7-15-30-29(32)37-20-23-9-5-3-6-10-23/h3,5-6,9-14,17-18,26-28H,4,7-8,15-16,19-21H2,1-2H3,(H,30,32)/t26-,27+,28+/m0/s1. The van der Waals surface area contributed by atoms with Crippen molar-refractivity contribution in [3.8, 4) is 5.75 Å². The lowest BCUT2D eigenvalue weighted by atomic mass is 10.1. The molecule has 1 amide bonds. The number of hydrogen-bond acceptors (Lipinski definition) is 8. The second-order valence-electron chi connectivity index (χ2n) is 8.77. The SMILES string of the molecule is COc1ccc(CO[C@@H]2[CH][C@H](OCCCCCNC(=O)OCc3ccccc3)O[C@@H](COC(C)=O)[CH]2)cc1. The highest BCUT2D eigenvalue weighted by Crippen LogP contribution is 2.23. The molecule has 1 aliphatic rings. The highest BCUT2D eigenvalue weighted by molar-refractivity contribution is 5.67. The van der Waals surface area contributed by atoms with Crippen LogP contribution in [0.4, 0.5) is 4.79 Å². The lowest BCUT2D eigenvalue weighted by Gasteiger charge is -2.34. The topological polar surface area (TPSA) is 102 Å². The molecular weight excluding hydrogens is 490 g/mol. The van der Waals surface area contributed by atoms with Crippen LogP contribution >= 0.6 is 0 Å². The number of methoxy groups -OCH3 is 1. The van der Waals surface area contributed by atoms with E-state index in [1.54, 1.807) is 7.11 Å². The summed E-state index contributed by atoms with van der Waals surface area (Å²) >= 11 is 0. The van der Waals surface area contributed by atoms with Crippen LogP contribution in [0.15, 0.2) is 54.6 Å². The van der Waals surface area contributed by atoms with Gasteiger partial charge in [0.15, 0.2) is 6.29 Å². The maximum atomic E-state index is 11.8. The van der Waals surface area contributed by atoms with E-state index in [-0.39, 0.29) is 25.3 Å². The molecule has 2 aromatic rings. The number of alkyl carbamates (subject to hydrolysis) is 1. The van der Waals surface area contributed by atoms with Crippen LogP contribution in [0.3, 0.4) is 0 Å². The van der Waals surface area contributed by atoms with Gasteiger partial charge in [0, 0.05) is 32.9 Å². The minimum Gasteiger partial charge on any atom is -0.497 e. The van der Waals surface area contributed by atoms with Crippen molar-refractivity contribution in [3.63, 3.8) is 0 Å². The van der Waals surface area contributed by atoms with Crippen molar-refractivity contribution in [1.29, 1.82) is 0 Å². The van der Waals surface area contributed by atoms with Crippen LogP contribution < -0.4 is 10.1 Å². The third kappa shape index (κ3) is 11.5. The van der Waals surface area contributed by atoms with Crippen molar-refractivity contribution < 1.29 is 38.0 Å². The number of amides is 1. The van der Waals surface area contributed by atoms with E-state index in [4.69, 9.17) is 28.4 Å². The van der Waals surface area contributed by atoms with E-state index in [1.165, 1.54) is 6.92 Å². The van der Waals surface area contributed by atoms with E-state index >= 15 is 0 Å². The first-order valence-electron chi connectivity index (χ1n) is 12.8. The summed E-state index contributed by atoms with van der Waals surface area (Å²) in [6, 6.07) is 17.2. The summed E-state index contributed by atoms with van der Waals surface area (Å²) in [6.07, 6.45) is 4.38. The van der Waals surface area contributed by atoms with E-state index in [0.717, 1.165) is 36.1 Å². The average Bonchev–Trinajstić information content (AvgIpc) is 2.94. The van der Waals surface area contributed by atoms with Gasteiger partial charge in [0.1, 0.15) is 25.1 Å². The molecular formula is C29H37NO8. The largest absolute Gasteiger partial charge is 0.497 e. The first-order chi connectivity index (χ1) is 18.5. The number of esters is 1. The molecule has 0 bridgehead atoms. The number of hydrogen-bond donors (Lipinski definition) is 1. The Hall–Kier alpha value is -3.14. The van der Waals surface area contributed by atoms with Gasteiger partial charge in [0.05, 0.1) is 19.8 Å². The molecule has 0 saturated carbocycles. The molecule has 1 heterocycles. The summed E-state index contributed by atoms with van der Waals surface area (Å²) in [4.78, 5) is 23.1. The molecule has 1 saturated heterocycles. The number of unbranched alkanes of at least 4 members (excludes halogenated alkanes) is 2. The van der Waals surface area contributed by atoms with Crippen LogP contribution in [0.25, 0.3) is 0 Å². The van der Waals surface area contributed by atoms with Crippen molar-refractivity contribution in [3.05, 3.63) is 78.6 Å². The maximum Gasteiger partial charge on any atom is 0.407 e. The summed E-state index contributed by atoms with van der Waals surface area (Å²) in [5.74, 6) is 0.411. The molecule has 0 aliphatic carbocycles. The summed E-state index contributed by atoms with van der Waals surface area (Å²) < 4.78 is 33.3. The van der Waals surface area contributed by atoms with Crippen molar-refractivity contribution in [2.75, 3.05) is 26.9 Å². The Balaban J connectivity index is 1.32. The van der Waals surface area contributed by atoms with Gasteiger partial charge in [-0.1, -0.05) is 42.5 Å². The molecule has 38 heavy (non-hydrogen) atoms. The molecule has 0 aromatic heterocycles. The van der Waals surface area contributed by atoms with Gasteiger partial charge < -0.3 is 33.7 Å². The molecule has 2 aromatic carbocycles. The predicted octanol–water partition coefficient (Wildman–Crippen LogP) is 4.39. The van der Waals surface area contributed by atoms with Gasteiger partial charge in [-0.15, -0.1) is 0 Å². The zero-order chi connectivity index (χ0) is 27.0. The molecule has 9 heteroatoms. The van der Waals surface area contributed by atoms with Crippen molar-refractivity contribution in [2.24, 2.45) is 0 Å². The molecule has 3 atom stereocenters. The maximum absolute atomic E-state index is 11.8. The van der Waals surface area contributed by atoms with E-state index in [2.05, 4.69) is 5.32 Å². The average molecular weight is 528 g/mol. The van der Waals surface area contributed by atoms with Crippen LogP contribution in [0.1, 0.15) is 37.3 Å². The lowest BCUT2D eigenvalue weighted by Crippen LogP contribution is -2.42. The Labute approximate surface area is 224 Å². The fourth-order valence-electron chi connectivity index (χ4n) is 3.68. The number of rotatable bonds is 15. The zero-order valence-electron chi connectivity index (χ0n) is 22.0. The Morgan fingerprint density at radius 3 is 2.37 bits per heavy atom. The second-order valence-corrected chi connectivity index (χ2v) is 8.77. The van der Waals surface area contributed by atoms with Gasteiger partial charge in [0.2, 0.25) is 0 Å². The molecule has 3 rings (SSSR count). The third-order valence-corrected chi connectivity index (χ3v) is 5.70. The highest BCUT2D eigenvalue weighted by atomic mass is 16.7. The minimum atomic E-state index is -0.590. The number of nitrogens with one attached hydrogen (secondary N) is 1. The quantitative estimate of drug-likeness (QED) is 0.269. The fourth-order valence-corrected chi connectivity index (χ4v) is 3.68. The first-order valence-corrected chi connectivity index (χ1v) is 12.8. The molecule has 1 fully saturated rings. The van der Waals surface area contributed by atoms with E-state index in [0.29, 0.717) is 19.8 Å². The smallest absolute Gasteiger partial charge is 0.407 e. The first kappa shape index (κ1) is 29.4. The molecule has 1 aliphatic heterocycles. The van der Waals surface area contributed by atoms with Gasteiger partial charge in [-0.2, -0.15) is 0 Å². The molecule has 2 radical (unpaired) electrons. The Bertz CT molecular complexity index is 953. The molecule has 0 spiro atoms. The summed E-state index contributed by atoms with van der Waals surface area (Å²) in [5.41, 5.74) is 1.95. The molecule has 9 nitrogen and oxygen atoms in total. The van der Waals surface area contributed by atoms with Crippen molar-refractivity contribution >= 4 is 12.1 Å². The monoisotopic (exact) mass is 527 g/mol. The van der Waals surface area contributed by atoms with E-state index in [1.807, 2.05) is 67.4 Å². The minimum absolute atomic E-state index is 0.0947. The molecule has 0 unspecified atom stereocenters. The number of ether oxygens (including phenoxy) is 6. The van der Waals surface area contributed by atoms with Crippen molar-refractivity contribution in [1.82, 2.24) is 5.32 Å². The van der Waals surface area contributed by atoms with Crippen LogP contribution in [0.5, 0.6) is 5.75 Å². The van der Waals surface area contributed by atoms with Crippen LogP contribution in [-0.2, 0) is 41.7 Å². The van der Waals surface area contributed by atoms with Gasteiger partial charge in [-0.25, -0.2) is 4.79 Å². The van der Waals surface area contributed by atoms with Gasteiger partial charge in [-0.05, 0) is 42.5 Å². The van der Waals surface area contributed by atoms with Crippen molar-refractivity contribution in [2.45, 2.75) is 57.9 Å². The summed E-state index contributed by atoms with van der Waals surface area (Å²) in [5, 5.41) is 2.76. The Morgan fingerprint density at radius 1 is 0.868 bits per heavy atom. The van der Waals surface area contributed by atoms with Gasteiger partial charge in [0.25, 0.3) is 0 Å². The predicted molar refractivity (Wildman–Crippen MR) is 140 cm³/mol. The zero-order valence-corrected chi connectivity index (χ0v) is 22.0. The van der Waals surface area contributed by atoms with Crippen LogP contribution in [0, 0.1) is 12.8 Å². The van der Waals surface area contributed by atoms with E-state index < -0.39 is 18.5 Å². The molecule has 1 N–H and O–H groups in total. The second kappa shape index (κ2) is 16.7. The van der Waals surface area contributed by atoms with Crippen LogP contribution in [-0.4, -0.2) is 57.4 Å². The van der Waals surface area contributed by atoms with Crippen LogP contribution in [0.2, 0.25) is 0 Å². The Morgan fingerprint density at radius 2 is 1.63 bits per heavy atom. The fraction of sp³-hybridized carbons (Fsp3) is 0.448. The number of benzene rings is 2. The van der Waals surface area contributed by atoms with E-state index in [9.17, 15) is 9.59 Å². The Kier molecular flexibility index (Phi) is 12.9.